The van der Waals surface area contributed by atoms with Crippen LogP contribution in [0.2, 0.25) is 0 Å². The highest BCUT2D eigenvalue weighted by atomic mass is 32.1. The summed E-state index contributed by atoms with van der Waals surface area (Å²) in [5.74, 6) is 0. The van der Waals surface area contributed by atoms with Gasteiger partial charge in [0.05, 0.1) is 0 Å². The Morgan fingerprint density at radius 3 is 1.58 bits per heavy atom. The largest absolute Gasteiger partial charge is 0.135 e. The van der Waals surface area contributed by atoms with Gasteiger partial charge in [0.25, 0.3) is 0 Å². The predicted octanol–water partition coefficient (Wildman–Crippen LogP) is 14.8. The van der Waals surface area contributed by atoms with E-state index >= 15 is 0 Å². The fraction of sp³-hybridized carbons (Fsp3) is 0.0588. The summed E-state index contributed by atoms with van der Waals surface area (Å²) in [5, 5.41) is 10.6. The monoisotopic (exact) mass is 678 g/mol. The molecule has 1 heteroatoms. The zero-order chi connectivity index (χ0) is 34.6. The topological polar surface area (TPSA) is 0 Å². The SMILES string of the molecule is CC1(C)c2cc(-c3ccc(-c4c5ccccc5c(-c5ccccc5)c5ccccc45)cc3)ccc2-c2c1ccc1ccc3sc4ccccc4c3c21. The minimum absolute atomic E-state index is 0.110. The van der Waals surface area contributed by atoms with Crippen molar-refractivity contribution in [2.75, 3.05) is 0 Å². The fourth-order valence-corrected chi connectivity index (χ4v) is 10.3. The molecule has 0 saturated carbocycles. The summed E-state index contributed by atoms with van der Waals surface area (Å²) in [6.45, 7) is 4.80. The van der Waals surface area contributed by atoms with Gasteiger partial charge in [0.1, 0.15) is 0 Å². The van der Waals surface area contributed by atoms with E-state index in [1.54, 1.807) is 0 Å². The van der Waals surface area contributed by atoms with Gasteiger partial charge in [-0.25, -0.2) is 0 Å². The number of fused-ring (bicyclic) bond motifs is 11. The number of benzene rings is 9. The molecule has 9 aromatic carbocycles. The molecule has 10 aromatic rings. The Morgan fingerprint density at radius 2 is 0.904 bits per heavy atom. The lowest BCUT2D eigenvalue weighted by molar-refractivity contribution is 0.661. The maximum absolute atomic E-state index is 2.46. The summed E-state index contributed by atoms with van der Waals surface area (Å²) in [6, 6.07) is 63.3. The van der Waals surface area contributed by atoms with E-state index in [0.29, 0.717) is 0 Å². The number of rotatable bonds is 3. The van der Waals surface area contributed by atoms with Crippen LogP contribution in [0.15, 0.2) is 170 Å². The zero-order valence-electron chi connectivity index (χ0n) is 29.1. The Morgan fingerprint density at radius 1 is 0.365 bits per heavy atom. The fourth-order valence-electron chi connectivity index (χ4n) is 9.22. The summed E-state index contributed by atoms with van der Waals surface area (Å²) >= 11 is 1.90. The quantitative estimate of drug-likeness (QED) is 0.163. The number of hydrogen-bond donors (Lipinski definition) is 0. The first kappa shape index (κ1) is 29.7. The van der Waals surface area contributed by atoms with Crippen molar-refractivity contribution in [2.45, 2.75) is 19.3 Å². The molecule has 244 valence electrons. The van der Waals surface area contributed by atoms with Crippen LogP contribution in [-0.4, -0.2) is 0 Å². The second-order valence-electron chi connectivity index (χ2n) is 14.8. The van der Waals surface area contributed by atoms with Gasteiger partial charge in [-0.1, -0.05) is 166 Å². The van der Waals surface area contributed by atoms with Gasteiger partial charge in [0.2, 0.25) is 0 Å². The lowest BCUT2D eigenvalue weighted by atomic mass is 9.81. The lowest BCUT2D eigenvalue weighted by Gasteiger charge is -2.22. The molecule has 0 amide bonds. The smallest absolute Gasteiger partial charge is 0.0362 e. The Kier molecular flexibility index (Phi) is 6.27. The zero-order valence-corrected chi connectivity index (χ0v) is 29.9. The van der Waals surface area contributed by atoms with Crippen LogP contribution in [0.25, 0.3) is 97.0 Å². The van der Waals surface area contributed by atoms with Crippen LogP contribution in [-0.2, 0) is 5.41 Å². The van der Waals surface area contributed by atoms with Crippen LogP contribution in [0.4, 0.5) is 0 Å². The molecule has 0 unspecified atom stereocenters. The standard InChI is InChI=1S/C51H34S/c1-51(2)42-28-25-34-26-29-45-50(41-18-10-11-19-44(41)52-45)48(34)49(42)40-27-24-35(30-43(40)51)31-20-22-33(23-21-31)47-38-16-8-6-14-36(38)46(32-12-4-3-5-13-32)37-15-7-9-17-39(37)47/h3-30H,1-2H3. The Hall–Kier alpha value is -6.02. The van der Waals surface area contributed by atoms with Crippen molar-refractivity contribution in [3.05, 3.63) is 181 Å². The highest BCUT2D eigenvalue weighted by molar-refractivity contribution is 7.26. The summed E-state index contributed by atoms with van der Waals surface area (Å²) in [4.78, 5) is 0. The van der Waals surface area contributed by atoms with E-state index in [1.807, 2.05) is 11.3 Å². The Bertz CT molecular complexity index is 3010. The molecule has 0 fully saturated rings. The Labute approximate surface area is 307 Å². The van der Waals surface area contributed by atoms with E-state index in [2.05, 4.69) is 184 Å². The van der Waals surface area contributed by atoms with Crippen LogP contribution in [0.3, 0.4) is 0 Å². The average molecular weight is 679 g/mol. The van der Waals surface area contributed by atoms with Gasteiger partial charge in [0.15, 0.2) is 0 Å². The summed E-state index contributed by atoms with van der Waals surface area (Å²) in [6.07, 6.45) is 0. The maximum atomic E-state index is 2.46. The summed E-state index contributed by atoms with van der Waals surface area (Å²) in [5.41, 5.74) is 13.1. The van der Waals surface area contributed by atoms with Gasteiger partial charge in [-0.15, -0.1) is 11.3 Å². The van der Waals surface area contributed by atoms with Gasteiger partial charge in [-0.2, -0.15) is 0 Å². The van der Waals surface area contributed by atoms with E-state index in [4.69, 9.17) is 0 Å². The molecule has 0 bridgehead atoms. The van der Waals surface area contributed by atoms with E-state index in [0.717, 1.165) is 0 Å². The van der Waals surface area contributed by atoms with Crippen LogP contribution >= 0.6 is 11.3 Å². The second-order valence-corrected chi connectivity index (χ2v) is 15.9. The number of thiophene rings is 1. The van der Waals surface area contributed by atoms with Crippen LogP contribution in [0.5, 0.6) is 0 Å². The molecule has 1 aliphatic rings. The van der Waals surface area contributed by atoms with Crippen molar-refractivity contribution in [3.63, 3.8) is 0 Å². The molecule has 0 atom stereocenters. The minimum atomic E-state index is -0.110. The first-order chi connectivity index (χ1) is 25.6. The molecule has 11 rings (SSSR count). The Balaban J connectivity index is 1.06. The first-order valence-electron chi connectivity index (χ1n) is 18.2. The molecule has 52 heavy (non-hydrogen) atoms. The normalized spacial score (nSPS) is 13.3. The third-order valence-corrected chi connectivity index (χ3v) is 12.8. The van der Waals surface area contributed by atoms with Gasteiger partial charge in [-0.05, 0) is 106 Å². The van der Waals surface area contributed by atoms with E-state index < -0.39 is 0 Å². The molecule has 0 aliphatic heterocycles. The summed E-state index contributed by atoms with van der Waals surface area (Å²) in [7, 11) is 0. The van der Waals surface area contributed by atoms with Crippen molar-refractivity contribution < 1.29 is 0 Å². The predicted molar refractivity (Wildman–Crippen MR) is 226 cm³/mol. The molecular weight excluding hydrogens is 645 g/mol. The minimum Gasteiger partial charge on any atom is -0.135 e. The van der Waals surface area contributed by atoms with Crippen molar-refractivity contribution in [2.24, 2.45) is 0 Å². The molecule has 0 nitrogen and oxygen atoms in total. The van der Waals surface area contributed by atoms with Crippen molar-refractivity contribution in [1.82, 2.24) is 0 Å². The molecule has 1 aliphatic carbocycles. The van der Waals surface area contributed by atoms with Crippen molar-refractivity contribution in [1.29, 1.82) is 0 Å². The van der Waals surface area contributed by atoms with Crippen LogP contribution < -0.4 is 0 Å². The van der Waals surface area contributed by atoms with E-state index in [9.17, 15) is 0 Å². The second kappa shape index (κ2) is 11.0. The average Bonchev–Trinajstić information content (AvgIpc) is 3.69. The summed E-state index contributed by atoms with van der Waals surface area (Å²) < 4.78 is 2.72. The van der Waals surface area contributed by atoms with Gasteiger partial charge >= 0.3 is 0 Å². The molecule has 0 saturated heterocycles. The van der Waals surface area contributed by atoms with Crippen molar-refractivity contribution >= 4 is 63.8 Å². The first-order valence-corrected chi connectivity index (χ1v) is 19.0. The third kappa shape index (κ3) is 4.15. The molecule has 1 heterocycles. The third-order valence-electron chi connectivity index (χ3n) is 11.7. The van der Waals surface area contributed by atoms with Gasteiger partial charge < -0.3 is 0 Å². The molecule has 0 N–H and O–H groups in total. The highest BCUT2D eigenvalue weighted by Gasteiger charge is 2.37. The van der Waals surface area contributed by atoms with Gasteiger partial charge in [0, 0.05) is 25.6 Å². The molecule has 0 spiro atoms. The van der Waals surface area contributed by atoms with E-state index in [-0.39, 0.29) is 5.41 Å². The van der Waals surface area contributed by atoms with Crippen molar-refractivity contribution in [3.8, 4) is 44.5 Å². The van der Waals surface area contributed by atoms with E-state index in [1.165, 1.54) is 108 Å². The lowest BCUT2D eigenvalue weighted by Crippen LogP contribution is -2.15. The molecule has 1 aromatic heterocycles. The van der Waals surface area contributed by atoms with Crippen LogP contribution in [0.1, 0.15) is 25.0 Å². The molecular formula is C51H34S. The number of hydrogen-bond acceptors (Lipinski definition) is 1. The van der Waals surface area contributed by atoms with Crippen LogP contribution in [0, 0.1) is 0 Å². The van der Waals surface area contributed by atoms with Gasteiger partial charge in [-0.3, -0.25) is 0 Å². The molecule has 0 radical (unpaired) electrons. The highest BCUT2D eigenvalue weighted by Crippen LogP contribution is 2.54. The maximum Gasteiger partial charge on any atom is 0.0362 e.